The minimum atomic E-state index is -0.516. The molecule has 0 aliphatic carbocycles. The molecule has 1 saturated heterocycles. The predicted molar refractivity (Wildman–Crippen MR) is 93.1 cm³/mol. The highest BCUT2D eigenvalue weighted by molar-refractivity contribution is 5.78. The summed E-state index contributed by atoms with van der Waals surface area (Å²) in [6.45, 7) is 3.10. The Labute approximate surface area is 138 Å². The first kappa shape index (κ1) is 15.8. The molecular formula is C20H24N2O. The fourth-order valence-electron chi connectivity index (χ4n) is 3.34. The average molecular weight is 308 g/mol. The van der Waals surface area contributed by atoms with Gasteiger partial charge in [-0.05, 0) is 37.4 Å². The van der Waals surface area contributed by atoms with Crippen molar-refractivity contribution in [3.05, 3.63) is 71.8 Å². The van der Waals surface area contributed by atoms with Crippen molar-refractivity contribution >= 4 is 5.91 Å². The summed E-state index contributed by atoms with van der Waals surface area (Å²) in [5.41, 5.74) is 1.68. The number of rotatable bonds is 5. The highest BCUT2D eigenvalue weighted by Crippen LogP contribution is 2.29. The standard InChI is InChI=1S/C20H24N2O/c1-20(16-9-4-2-5-10-16,17-11-6-3-7-12-17)22-19(23)15-18-13-8-14-21-18/h2-7,9-12,18,21H,8,13-15H2,1H3,(H,22,23). The van der Waals surface area contributed by atoms with E-state index in [1.165, 1.54) is 0 Å². The molecule has 3 nitrogen and oxygen atoms in total. The zero-order chi connectivity index (χ0) is 16.1. The van der Waals surface area contributed by atoms with Crippen LogP contribution in [0, 0.1) is 0 Å². The van der Waals surface area contributed by atoms with Crippen LogP contribution in [-0.2, 0) is 10.3 Å². The highest BCUT2D eigenvalue weighted by Gasteiger charge is 2.31. The minimum absolute atomic E-state index is 0.0969. The maximum Gasteiger partial charge on any atom is 0.222 e. The minimum Gasteiger partial charge on any atom is -0.343 e. The molecule has 1 aliphatic heterocycles. The summed E-state index contributed by atoms with van der Waals surface area (Å²) in [5, 5.41) is 6.67. The van der Waals surface area contributed by atoms with Crippen molar-refractivity contribution in [2.75, 3.05) is 6.54 Å². The molecular weight excluding hydrogens is 284 g/mol. The molecule has 1 aliphatic rings. The topological polar surface area (TPSA) is 41.1 Å². The predicted octanol–water partition coefficient (Wildman–Crippen LogP) is 3.21. The Balaban J connectivity index is 1.85. The van der Waals surface area contributed by atoms with Gasteiger partial charge in [-0.3, -0.25) is 4.79 Å². The van der Waals surface area contributed by atoms with Crippen LogP contribution in [0.25, 0.3) is 0 Å². The van der Waals surface area contributed by atoms with Gasteiger partial charge < -0.3 is 10.6 Å². The van der Waals surface area contributed by atoms with Crippen LogP contribution in [0.4, 0.5) is 0 Å². The molecule has 1 atom stereocenters. The van der Waals surface area contributed by atoms with Crippen LogP contribution in [-0.4, -0.2) is 18.5 Å². The third-order valence-electron chi connectivity index (χ3n) is 4.69. The van der Waals surface area contributed by atoms with E-state index in [1.54, 1.807) is 0 Å². The number of carbonyl (C=O) groups is 1. The van der Waals surface area contributed by atoms with Crippen molar-refractivity contribution in [1.29, 1.82) is 0 Å². The van der Waals surface area contributed by atoms with E-state index in [2.05, 4.69) is 41.8 Å². The number of amides is 1. The van der Waals surface area contributed by atoms with Gasteiger partial charge in [-0.2, -0.15) is 0 Å². The largest absolute Gasteiger partial charge is 0.343 e. The zero-order valence-electron chi connectivity index (χ0n) is 13.6. The summed E-state index contributed by atoms with van der Waals surface area (Å²) >= 11 is 0. The Kier molecular flexibility index (Phi) is 4.77. The van der Waals surface area contributed by atoms with Gasteiger partial charge >= 0.3 is 0 Å². The van der Waals surface area contributed by atoms with Crippen LogP contribution in [0.5, 0.6) is 0 Å². The van der Waals surface area contributed by atoms with Gasteiger partial charge in [0.15, 0.2) is 0 Å². The molecule has 2 aromatic rings. The Hall–Kier alpha value is -2.13. The monoisotopic (exact) mass is 308 g/mol. The number of nitrogens with one attached hydrogen (secondary N) is 2. The first-order chi connectivity index (χ1) is 11.2. The average Bonchev–Trinajstić information content (AvgIpc) is 3.09. The van der Waals surface area contributed by atoms with Gasteiger partial charge in [-0.15, -0.1) is 0 Å². The number of benzene rings is 2. The molecule has 2 aromatic carbocycles. The van der Waals surface area contributed by atoms with E-state index < -0.39 is 5.54 Å². The number of hydrogen-bond donors (Lipinski definition) is 2. The highest BCUT2D eigenvalue weighted by atomic mass is 16.1. The lowest BCUT2D eigenvalue weighted by Crippen LogP contribution is -2.46. The van der Waals surface area contributed by atoms with E-state index in [4.69, 9.17) is 0 Å². The van der Waals surface area contributed by atoms with Crippen LogP contribution in [0.1, 0.15) is 37.3 Å². The van der Waals surface area contributed by atoms with Crippen LogP contribution in [0.3, 0.4) is 0 Å². The first-order valence-electron chi connectivity index (χ1n) is 8.34. The second-order valence-corrected chi connectivity index (χ2v) is 6.40. The molecule has 1 amide bonds. The summed E-state index contributed by atoms with van der Waals surface area (Å²) in [5.74, 6) is 0.0969. The second kappa shape index (κ2) is 6.97. The van der Waals surface area contributed by atoms with Crippen molar-refractivity contribution in [3.63, 3.8) is 0 Å². The van der Waals surface area contributed by atoms with Crippen LogP contribution >= 0.6 is 0 Å². The second-order valence-electron chi connectivity index (χ2n) is 6.40. The van der Waals surface area contributed by atoms with Gasteiger partial charge in [-0.25, -0.2) is 0 Å². The van der Waals surface area contributed by atoms with E-state index in [0.717, 1.165) is 30.5 Å². The molecule has 1 unspecified atom stereocenters. The molecule has 2 N–H and O–H groups in total. The molecule has 0 radical (unpaired) electrons. The fourth-order valence-corrected chi connectivity index (χ4v) is 3.34. The van der Waals surface area contributed by atoms with Crippen molar-refractivity contribution in [3.8, 4) is 0 Å². The maximum absolute atomic E-state index is 12.6. The van der Waals surface area contributed by atoms with E-state index in [1.807, 2.05) is 36.4 Å². The van der Waals surface area contributed by atoms with Crippen molar-refractivity contribution in [1.82, 2.24) is 10.6 Å². The third kappa shape index (κ3) is 3.62. The molecule has 23 heavy (non-hydrogen) atoms. The Morgan fingerprint density at radius 1 is 1.09 bits per heavy atom. The molecule has 1 fully saturated rings. The summed E-state index contributed by atoms with van der Waals surface area (Å²) < 4.78 is 0. The summed E-state index contributed by atoms with van der Waals surface area (Å²) in [6, 6.07) is 20.7. The van der Waals surface area contributed by atoms with Crippen molar-refractivity contribution in [2.45, 2.75) is 37.8 Å². The number of carbonyl (C=O) groups excluding carboxylic acids is 1. The Morgan fingerprint density at radius 3 is 2.13 bits per heavy atom. The molecule has 120 valence electrons. The van der Waals surface area contributed by atoms with Crippen LogP contribution in [0.15, 0.2) is 60.7 Å². The van der Waals surface area contributed by atoms with Gasteiger partial charge in [0.25, 0.3) is 0 Å². The van der Waals surface area contributed by atoms with Gasteiger partial charge in [0, 0.05) is 12.5 Å². The Bertz CT molecular complexity index is 594. The number of hydrogen-bond acceptors (Lipinski definition) is 2. The lowest BCUT2D eigenvalue weighted by atomic mass is 9.84. The summed E-state index contributed by atoms with van der Waals surface area (Å²) in [6.07, 6.45) is 2.78. The molecule has 3 heteroatoms. The maximum atomic E-state index is 12.6. The van der Waals surface area contributed by atoms with E-state index in [-0.39, 0.29) is 5.91 Å². The molecule has 3 rings (SSSR count). The first-order valence-corrected chi connectivity index (χ1v) is 8.34. The molecule has 0 spiro atoms. The molecule has 0 saturated carbocycles. The molecule has 0 aromatic heterocycles. The van der Waals surface area contributed by atoms with E-state index in [0.29, 0.717) is 12.5 Å². The third-order valence-corrected chi connectivity index (χ3v) is 4.69. The van der Waals surface area contributed by atoms with Crippen molar-refractivity contribution < 1.29 is 4.79 Å². The quantitative estimate of drug-likeness (QED) is 0.890. The van der Waals surface area contributed by atoms with Crippen LogP contribution in [0.2, 0.25) is 0 Å². The summed E-state index contributed by atoms with van der Waals surface area (Å²) in [7, 11) is 0. The summed E-state index contributed by atoms with van der Waals surface area (Å²) in [4.78, 5) is 12.6. The van der Waals surface area contributed by atoms with Gasteiger partial charge in [-0.1, -0.05) is 60.7 Å². The van der Waals surface area contributed by atoms with E-state index in [9.17, 15) is 4.79 Å². The normalized spacial score (nSPS) is 17.9. The zero-order valence-corrected chi connectivity index (χ0v) is 13.6. The molecule has 0 bridgehead atoms. The van der Waals surface area contributed by atoms with Gasteiger partial charge in [0.05, 0.1) is 5.54 Å². The lowest BCUT2D eigenvalue weighted by Gasteiger charge is -2.32. The lowest BCUT2D eigenvalue weighted by molar-refractivity contribution is -0.123. The van der Waals surface area contributed by atoms with Gasteiger partial charge in [0.1, 0.15) is 0 Å². The van der Waals surface area contributed by atoms with Gasteiger partial charge in [0.2, 0.25) is 5.91 Å². The SMILES string of the molecule is CC(NC(=O)CC1CCCN1)(c1ccccc1)c1ccccc1. The van der Waals surface area contributed by atoms with E-state index >= 15 is 0 Å². The fraction of sp³-hybridized carbons (Fsp3) is 0.350. The molecule has 1 heterocycles. The van der Waals surface area contributed by atoms with Crippen molar-refractivity contribution in [2.24, 2.45) is 0 Å². The Morgan fingerprint density at radius 2 is 1.65 bits per heavy atom. The smallest absolute Gasteiger partial charge is 0.222 e. The van der Waals surface area contributed by atoms with Crippen LogP contribution < -0.4 is 10.6 Å².